The molecule has 0 radical (unpaired) electrons. The second kappa shape index (κ2) is 10.0. The molecule has 0 saturated heterocycles. The molecule has 0 aliphatic heterocycles. The van der Waals surface area contributed by atoms with Gasteiger partial charge in [-0.2, -0.15) is 10.2 Å². The largest absolute Gasteiger partial charge is 0.381 e. The third-order valence-electron chi connectivity index (χ3n) is 6.81. The number of hydrogen-bond donors (Lipinski definition) is 2. The van der Waals surface area contributed by atoms with Gasteiger partial charge in [0.2, 0.25) is 0 Å². The molecule has 3 N–H and O–H groups in total. The number of nitrogen functional groups attached to an aromatic ring is 1. The van der Waals surface area contributed by atoms with Gasteiger partial charge in [0.25, 0.3) is 11.5 Å². The van der Waals surface area contributed by atoms with Crippen molar-refractivity contribution in [3.63, 3.8) is 0 Å². The molecule has 6 rings (SSSR count). The van der Waals surface area contributed by atoms with Crippen LogP contribution in [-0.4, -0.2) is 45.1 Å². The van der Waals surface area contributed by atoms with Crippen LogP contribution in [-0.2, 0) is 7.05 Å². The highest BCUT2D eigenvalue weighted by molar-refractivity contribution is 6.04. The lowest BCUT2D eigenvalue weighted by Gasteiger charge is -2.20. The van der Waals surface area contributed by atoms with Crippen molar-refractivity contribution in [2.75, 3.05) is 5.73 Å². The summed E-state index contributed by atoms with van der Waals surface area (Å²) in [5.41, 5.74) is 9.29. The normalized spacial score (nSPS) is 11.8. The Hall–Kier alpha value is -5.83. The minimum Gasteiger partial charge on any atom is -0.381 e. The predicted octanol–water partition coefficient (Wildman–Crippen LogP) is 2.34. The summed E-state index contributed by atoms with van der Waals surface area (Å²) in [7, 11) is 1.85. The molecular weight excluding hydrogens is 520 g/mol. The number of amides is 1. The number of para-hydroxylation sites is 1. The van der Waals surface area contributed by atoms with E-state index in [1.54, 1.807) is 54.3 Å². The van der Waals surface area contributed by atoms with Crippen LogP contribution in [0.15, 0.2) is 71.9 Å². The number of fused-ring (bicyclic) bond motifs is 2. The van der Waals surface area contributed by atoms with Gasteiger partial charge in [-0.1, -0.05) is 36.1 Å². The van der Waals surface area contributed by atoms with Crippen LogP contribution in [0.1, 0.15) is 46.0 Å². The molecule has 4 aromatic heterocycles. The molecule has 12 nitrogen and oxygen atoms in total. The molecule has 1 atom stereocenters. The van der Waals surface area contributed by atoms with Gasteiger partial charge in [-0.3, -0.25) is 18.8 Å². The number of nitrogens with one attached hydrogen (secondary N) is 1. The Labute approximate surface area is 233 Å². The number of anilines is 1. The molecule has 6 aromatic rings. The number of hydrogen-bond acceptors (Lipinski definition) is 8. The molecule has 202 valence electrons. The molecule has 0 spiro atoms. The number of carbonyl (C=O) groups is 1. The highest BCUT2D eigenvalue weighted by atomic mass is 16.2. The first-order valence-corrected chi connectivity index (χ1v) is 12.7. The van der Waals surface area contributed by atoms with E-state index >= 15 is 0 Å². The zero-order chi connectivity index (χ0) is 28.7. The van der Waals surface area contributed by atoms with Crippen molar-refractivity contribution in [3.8, 4) is 17.5 Å². The Kier molecular flexibility index (Phi) is 6.24. The van der Waals surface area contributed by atoms with Crippen LogP contribution < -0.4 is 16.6 Å². The van der Waals surface area contributed by atoms with Crippen LogP contribution in [0.25, 0.3) is 22.2 Å². The monoisotopic (exact) mass is 544 g/mol. The molecule has 1 amide bonds. The van der Waals surface area contributed by atoms with E-state index in [4.69, 9.17) is 10.7 Å². The van der Waals surface area contributed by atoms with E-state index in [-0.39, 0.29) is 22.6 Å². The zero-order valence-corrected chi connectivity index (χ0v) is 22.4. The molecule has 0 bridgehead atoms. The minimum atomic E-state index is -0.710. The molecule has 0 saturated carbocycles. The second-order valence-electron chi connectivity index (χ2n) is 9.40. The van der Waals surface area contributed by atoms with Gasteiger partial charge in [0, 0.05) is 12.6 Å². The van der Waals surface area contributed by atoms with Crippen LogP contribution >= 0.6 is 0 Å². The van der Waals surface area contributed by atoms with Crippen LogP contribution in [0.5, 0.6) is 0 Å². The SMILES string of the molecule is Cc1c(C#Cc2cccc3nc([C@H](C)NC(=O)c4c(N)nn5ccnnc45)n(-c4ccccc4)c(=O)c23)cnn1C. The molecule has 0 aliphatic rings. The van der Waals surface area contributed by atoms with E-state index in [0.717, 1.165) is 11.3 Å². The van der Waals surface area contributed by atoms with Crippen LogP contribution in [0.4, 0.5) is 5.82 Å². The van der Waals surface area contributed by atoms with Gasteiger partial charge < -0.3 is 11.1 Å². The summed E-state index contributed by atoms with van der Waals surface area (Å²) < 4.78 is 4.62. The van der Waals surface area contributed by atoms with Crippen LogP contribution in [0, 0.1) is 18.8 Å². The lowest BCUT2D eigenvalue weighted by atomic mass is 10.1. The number of nitrogens with two attached hydrogens (primary N) is 1. The third kappa shape index (κ3) is 4.45. The predicted molar refractivity (Wildman–Crippen MR) is 152 cm³/mol. The second-order valence-corrected chi connectivity index (χ2v) is 9.40. The zero-order valence-electron chi connectivity index (χ0n) is 22.4. The first-order chi connectivity index (χ1) is 19.8. The molecular formula is C29H24N10O2. The van der Waals surface area contributed by atoms with Gasteiger partial charge in [-0.25, -0.2) is 9.50 Å². The van der Waals surface area contributed by atoms with Crippen molar-refractivity contribution in [3.05, 3.63) is 106 Å². The summed E-state index contributed by atoms with van der Waals surface area (Å²) in [5, 5.41) is 19.5. The van der Waals surface area contributed by atoms with Crippen molar-refractivity contribution >= 4 is 28.3 Å². The van der Waals surface area contributed by atoms with Gasteiger partial charge >= 0.3 is 0 Å². The molecule has 4 heterocycles. The van der Waals surface area contributed by atoms with E-state index in [2.05, 4.69) is 37.6 Å². The lowest BCUT2D eigenvalue weighted by molar-refractivity contribution is 0.0940. The summed E-state index contributed by atoms with van der Waals surface area (Å²) >= 11 is 0. The molecule has 0 aliphatic carbocycles. The lowest BCUT2D eigenvalue weighted by Crippen LogP contribution is -2.33. The molecule has 12 heteroatoms. The van der Waals surface area contributed by atoms with Crippen molar-refractivity contribution in [2.45, 2.75) is 19.9 Å². The molecule has 41 heavy (non-hydrogen) atoms. The Morgan fingerprint density at radius 1 is 1.07 bits per heavy atom. The quantitative estimate of drug-likeness (QED) is 0.321. The van der Waals surface area contributed by atoms with Gasteiger partial charge in [0.1, 0.15) is 11.4 Å². The fourth-order valence-electron chi connectivity index (χ4n) is 4.60. The van der Waals surface area contributed by atoms with Crippen molar-refractivity contribution < 1.29 is 4.79 Å². The Morgan fingerprint density at radius 3 is 2.61 bits per heavy atom. The number of nitrogens with zero attached hydrogens (tertiary/aromatic N) is 8. The fourth-order valence-corrected chi connectivity index (χ4v) is 4.60. The number of aryl methyl sites for hydroxylation is 1. The summed E-state index contributed by atoms with van der Waals surface area (Å²) in [6.07, 6.45) is 4.68. The number of rotatable bonds is 4. The maximum Gasteiger partial charge on any atom is 0.267 e. The first-order valence-electron chi connectivity index (χ1n) is 12.7. The third-order valence-corrected chi connectivity index (χ3v) is 6.81. The number of carbonyl (C=O) groups excluding carboxylic acids is 1. The summed E-state index contributed by atoms with van der Waals surface area (Å²) in [5.74, 6) is 6.08. The molecule has 0 unspecified atom stereocenters. The average molecular weight is 545 g/mol. The van der Waals surface area contributed by atoms with Gasteiger partial charge in [0.15, 0.2) is 11.5 Å². The van der Waals surface area contributed by atoms with Crippen molar-refractivity contribution in [1.82, 2.24) is 44.5 Å². The van der Waals surface area contributed by atoms with Gasteiger partial charge in [-0.15, -0.1) is 10.2 Å². The van der Waals surface area contributed by atoms with Crippen molar-refractivity contribution in [1.29, 1.82) is 0 Å². The fraction of sp³-hybridized carbons (Fsp3) is 0.138. The standard InChI is InChI=1S/C29H24N10O2/c1-17(33-28(40)24-25(30)36-38-15-14-31-35-27(24)38)26-34-22-11-7-8-19(12-13-20-16-32-37(3)18(20)2)23(22)29(41)39(26)21-9-5-4-6-10-21/h4-11,14-17H,1-3H3,(H2,30,36)(H,33,40)/t17-/m0/s1. The van der Waals surface area contributed by atoms with E-state index in [1.807, 2.05) is 32.2 Å². The van der Waals surface area contributed by atoms with E-state index in [0.29, 0.717) is 28.0 Å². The van der Waals surface area contributed by atoms with Crippen LogP contribution in [0.2, 0.25) is 0 Å². The van der Waals surface area contributed by atoms with Gasteiger partial charge in [-0.05, 0) is 38.1 Å². The number of benzene rings is 2. The maximum absolute atomic E-state index is 14.2. The smallest absolute Gasteiger partial charge is 0.267 e. The molecule has 0 fully saturated rings. The number of aromatic nitrogens is 8. The van der Waals surface area contributed by atoms with E-state index < -0.39 is 11.9 Å². The topological polar surface area (TPSA) is 151 Å². The average Bonchev–Trinajstić information content (AvgIpc) is 3.49. The highest BCUT2D eigenvalue weighted by Crippen LogP contribution is 2.22. The van der Waals surface area contributed by atoms with E-state index in [1.165, 1.54) is 15.3 Å². The Morgan fingerprint density at radius 2 is 1.85 bits per heavy atom. The highest BCUT2D eigenvalue weighted by Gasteiger charge is 2.25. The van der Waals surface area contributed by atoms with Crippen LogP contribution in [0.3, 0.4) is 0 Å². The summed E-state index contributed by atoms with van der Waals surface area (Å²) in [4.78, 5) is 32.4. The molecule has 2 aromatic carbocycles. The summed E-state index contributed by atoms with van der Waals surface area (Å²) in [6, 6.07) is 13.8. The Balaban J connectivity index is 1.48. The Bertz CT molecular complexity index is 2080. The van der Waals surface area contributed by atoms with Gasteiger partial charge in [0.05, 0.1) is 52.5 Å². The first kappa shape index (κ1) is 25.4. The minimum absolute atomic E-state index is 0.00851. The summed E-state index contributed by atoms with van der Waals surface area (Å²) in [6.45, 7) is 3.67. The van der Waals surface area contributed by atoms with E-state index in [9.17, 15) is 9.59 Å². The maximum atomic E-state index is 14.2. The van der Waals surface area contributed by atoms with Crippen molar-refractivity contribution in [2.24, 2.45) is 7.05 Å².